The molecule has 0 radical (unpaired) electrons. The van der Waals surface area contributed by atoms with Crippen molar-refractivity contribution in [2.75, 3.05) is 37.6 Å². The second-order valence-electron chi connectivity index (χ2n) is 6.72. The van der Waals surface area contributed by atoms with Crippen LogP contribution in [0.3, 0.4) is 0 Å². The number of anilines is 1. The summed E-state index contributed by atoms with van der Waals surface area (Å²) in [7, 11) is 0. The zero-order chi connectivity index (χ0) is 17.1. The van der Waals surface area contributed by atoms with E-state index < -0.39 is 0 Å². The van der Waals surface area contributed by atoms with E-state index in [0.717, 1.165) is 31.7 Å². The Balaban J connectivity index is 1.60. The largest absolute Gasteiger partial charge is 0.352 e. The second kappa shape index (κ2) is 7.15. The Morgan fingerprint density at radius 2 is 1.88 bits per heavy atom. The zero-order valence-corrected chi connectivity index (χ0v) is 14.4. The number of carbonyl (C=O) groups excluding carboxylic acids is 2. The average molecular weight is 331 g/mol. The summed E-state index contributed by atoms with van der Waals surface area (Å²) in [4.78, 5) is 39.4. The number of rotatable bonds is 3. The van der Waals surface area contributed by atoms with Crippen LogP contribution < -0.4 is 4.90 Å². The first-order chi connectivity index (χ1) is 11.6. The van der Waals surface area contributed by atoms with Crippen LogP contribution in [0.4, 0.5) is 5.82 Å². The molecule has 0 aliphatic carbocycles. The van der Waals surface area contributed by atoms with Gasteiger partial charge in [-0.3, -0.25) is 14.6 Å². The predicted octanol–water partition coefficient (Wildman–Crippen LogP) is 0.772. The standard InChI is InChI=1S/C17H25N5O2/c1-13(2)16(23)22-7-3-4-14(22)17(24)21-10-8-20(9-11-21)15-12-18-5-6-19-15/h5-6,12-14H,3-4,7-11H2,1-2H3. The van der Waals surface area contributed by atoms with E-state index in [2.05, 4.69) is 14.9 Å². The summed E-state index contributed by atoms with van der Waals surface area (Å²) in [6.07, 6.45) is 6.78. The Kier molecular flexibility index (Phi) is 4.97. The summed E-state index contributed by atoms with van der Waals surface area (Å²) >= 11 is 0. The van der Waals surface area contributed by atoms with E-state index in [1.807, 2.05) is 18.7 Å². The van der Waals surface area contributed by atoms with Crippen molar-refractivity contribution in [1.29, 1.82) is 0 Å². The molecule has 1 atom stereocenters. The van der Waals surface area contributed by atoms with Crippen molar-refractivity contribution in [1.82, 2.24) is 19.8 Å². The monoisotopic (exact) mass is 331 g/mol. The number of nitrogens with zero attached hydrogens (tertiary/aromatic N) is 5. The van der Waals surface area contributed by atoms with Crippen molar-refractivity contribution >= 4 is 17.6 Å². The molecule has 1 aromatic heterocycles. The minimum atomic E-state index is -0.275. The minimum absolute atomic E-state index is 0.0631. The Morgan fingerprint density at radius 1 is 1.12 bits per heavy atom. The lowest BCUT2D eigenvalue weighted by Crippen LogP contribution is -2.55. The van der Waals surface area contributed by atoms with Crippen LogP contribution in [-0.2, 0) is 9.59 Å². The van der Waals surface area contributed by atoms with Crippen LogP contribution in [0.25, 0.3) is 0 Å². The first kappa shape index (κ1) is 16.7. The predicted molar refractivity (Wildman–Crippen MR) is 90.4 cm³/mol. The molecule has 2 saturated heterocycles. The van der Waals surface area contributed by atoms with Crippen molar-refractivity contribution in [2.45, 2.75) is 32.7 Å². The first-order valence-electron chi connectivity index (χ1n) is 8.68. The highest BCUT2D eigenvalue weighted by molar-refractivity contribution is 5.89. The molecule has 2 aliphatic rings. The second-order valence-corrected chi connectivity index (χ2v) is 6.72. The number of likely N-dealkylation sites (tertiary alicyclic amines) is 1. The summed E-state index contributed by atoms with van der Waals surface area (Å²) in [6, 6.07) is -0.275. The van der Waals surface area contributed by atoms with E-state index in [1.54, 1.807) is 23.5 Å². The SMILES string of the molecule is CC(C)C(=O)N1CCCC1C(=O)N1CCN(c2cnccn2)CC1. The van der Waals surface area contributed by atoms with Gasteiger partial charge in [0.05, 0.1) is 6.20 Å². The van der Waals surface area contributed by atoms with Gasteiger partial charge in [0, 0.05) is 51.0 Å². The number of aromatic nitrogens is 2. The van der Waals surface area contributed by atoms with Gasteiger partial charge >= 0.3 is 0 Å². The van der Waals surface area contributed by atoms with Crippen LogP contribution >= 0.6 is 0 Å². The molecule has 0 spiro atoms. The number of hydrogen-bond acceptors (Lipinski definition) is 5. The van der Waals surface area contributed by atoms with Crippen molar-refractivity contribution in [2.24, 2.45) is 5.92 Å². The van der Waals surface area contributed by atoms with E-state index >= 15 is 0 Å². The van der Waals surface area contributed by atoms with Crippen LogP contribution in [0, 0.1) is 5.92 Å². The Labute approximate surface area is 142 Å². The molecule has 2 fully saturated rings. The molecule has 1 aromatic rings. The van der Waals surface area contributed by atoms with Crippen molar-refractivity contribution in [3.8, 4) is 0 Å². The Bertz CT molecular complexity index is 584. The highest BCUT2D eigenvalue weighted by atomic mass is 16.2. The van der Waals surface area contributed by atoms with Gasteiger partial charge in [0.1, 0.15) is 11.9 Å². The number of amides is 2. The molecular formula is C17H25N5O2. The maximum Gasteiger partial charge on any atom is 0.245 e. The lowest BCUT2D eigenvalue weighted by Gasteiger charge is -2.37. The fourth-order valence-corrected chi connectivity index (χ4v) is 3.44. The maximum atomic E-state index is 12.9. The van der Waals surface area contributed by atoms with E-state index in [0.29, 0.717) is 19.6 Å². The molecule has 3 rings (SSSR count). The highest BCUT2D eigenvalue weighted by Crippen LogP contribution is 2.22. The van der Waals surface area contributed by atoms with Crippen LogP contribution in [0.2, 0.25) is 0 Å². The molecule has 2 aliphatic heterocycles. The lowest BCUT2D eigenvalue weighted by atomic mass is 10.1. The number of carbonyl (C=O) groups is 2. The van der Waals surface area contributed by atoms with E-state index in [9.17, 15) is 9.59 Å². The summed E-state index contributed by atoms with van der Waals surface area (Å²) in [5, 5.41) is 0. The van der Waals surface area contributed by atoms with Crippen LogP contribution in [0.15, 0.2) is 18.6 Å². The molecule has 24 heavy (non-hydrogen) atoms. The summed E-state index contributed by atoms with van der Waals surface area (Å²) < 4.78 is 0. The summed E-state index contributed by atoms with van der Waals surface area (Å²) in [5.41, 5.74) is 0. The van der Waals surface area contributed by atoms with Gasteiger partial charge in [0.25, 0.3) is 0 Å². The normalized spacial score (nSPS) is 21.5. The number of hydrogen-bond donors (Lipinski definition) is 0. The molecule has 7 nitrogen and oxygen atoms in total. The molecule has 0 aromatic carbocycles. The number of piperazine rings is 1. The third-order valence-corrected chi connectivity index (χ3v) is 4.78. The topological polar surface area (TPSA) is 69.6 Å². The van der Waals surface area contributed by atoms with Gasteiger partial charge in [-0.05, 0) is 12.8 Å². The molecule has 1 unspecified atom stereocenters. The summed E-state index contributed by atoms with van der Waals surface area (Å²) in [5.74, 6) is 0.971. The van der Waals surface area contributed by atoms with Crippen molar-refractivity contribution in [3.05, 3.63) is 18.6 Å². The fraction of sp³-hybridized carbons (Fsp3) is 0.647. The van der Waals surface area contributed by atoms with Gasteiger partial charge in [0.2, 0.25) is 11.8 Å². The van der Waals surface area contributed by atoms with Gasteiger partial charge < -0.3 is 14.7 Å². The smallest absolute Gasteiger partial charge is 0.245 e. The zero-order valence-electron chi connectivity index (χ0n) is 14.4. The molecule has 0 saturated carbocycles. The lowest BCUT2D eigenvalue weighted by molar-refractivity contribution is -0.145. The Hall–Kier alpha value is -2.18. The van der Waals surface area contributed by atoms with Gasteiger partial charge in [0.15, 0.2) is 0 Å². The molecule has 0 bridgehead atoms. The molecule has 2 amide bonds. The van der Waals surface area contributed by atoms with Gasteiger partial charge in [-0.1, -0.05) is 13.8 Å². The van der Waals surface area contributed by atoms with Gasteiger partial charge in [-0.2, -0.15) is 0 Å². The average Bonchev–Trinajstić information content (AvgIpc) is 3.11. The third-order valence-electron chi connectivity index (χ3n) is 4.78. The maximum absolute atomic E-state index is 12.9. The summed E-state index contributed by atoms with van der Waals surface area (Å²) in [6.45, 7) is 7.30. The third kappa shape index (κ3) is 3.34. The molecular weight excluding hydrogens is 306 g/mol. The van der Waals surface area contributed by atoms with E-state index in [4.69, 9.17) is 0 Å². The quantitative estimate of drug-likeness (QED) is 0.818. The molecule has 130 valence electrons. The van der Waals surface area contributed by atoms with Crippen LogP contribution in [-0.4, -0.2) is 70.3 Å². The van der Waals surface area contributed by atoms with Crippen LogP contribution in [0.1, 0.15) is 26.7 Å². The molecule has 3 heterocycles. The van der Waals surface area contributed by atoms with Gasteiger partial charge in [-0.15, -0.1) is 0 Å². The molecule has 7 heteroatoms. The minimum Gasteiger partial charge on any atom is -0.352 e. The van der Waals surface area contributed by atoms with Gasteiger partial charge in [-0.25, -0.2) is 4.98 Å². The van der Waals surface area contributed by atoms with Crippen molar-refractivity contribution in [3.63, 3.8) is 0 Å². The van der Waals surface area contributed by atoms with Crippen LogP contribution in [0.5, 0.6) is 0 Å². The first-order valence-corrected chi connectivity index (χ1v) is 8.68. The van der Waals surface area contributed by atoms with E-state index in [-0.39, 0.29) is 23.8 Å². The van der Waals surface area contributed by atoms with Crippen molar-refractivity contribution < 1.29 is 9.59 Å². The highest BCUT2D eigenvalue weighted by Gasteiger charge is 2.37. The van der Waals surface area contributed by atoms with E-state index in [1.165, 1.54) is 0 Å². The Morgan fingerprint density at radius 3 is 2.50 bits per heavy atom. The fourth-order valence-electron chi connectivity index (χ4n) is 3.44. The molecule has 0 N–H and O–H groups in total.